The van der Waals surface area contributed by atoms with Gasteiger partial charge in [0.25, 0.3) is 0 Å². The maximum atomic E-state index is 12.5. The fraction of sp³-hybridized carbons (Fsp3) is 0.588. The molecule has 1 aromatic carbocycles. The van der Waals surface area contributed by atoms with E-state index < -0.39 is 0 Å². The molecule has 0 spiro atoms. The highest BCUT2D eigenvalue weighted by molar-refractivity contribution is 5.91. The zero-order chi connectivity index (χ0) is 14.1. The third-order valence-electron chi connectivity index (χ3n) is 5.13. The molecule has 1 amide bonds. The summed E-state index contributed by atoms with van der Waals surface area (Å²) in [5.41, 5.74) is 0.765. The molecule has 0 bridgehead atoms. The topological polar surface area (TPSA) is 49.3 Å². The summed E-state index contributed by atoms with van der Waals surface area (Å²) >= 11 is 0. The van der Waals surface area contributed by atoms with Crippen molar-refractivity contribution >= 4 is 5.91 Å². The molecular formula is C17H23NO2. The molecule has 0 aromatic heterocycles. The molecule has 0 aliphatic heterocycles. The first-order chi connectivity index (χ1) is 9.71. The van der Waals surface area contributed by atoms with Crippen molar-refractivity contribution in [3.05, 3.63) is 35.9 Å². The molecule has 0 radical (unpaired) electrons. The van der Waals surface area contributed by atoms with Gasteiger partial charge in [-0.15, -0.1) is 0 Å². The first-order valence-corrected chi connectivity index (χ1v) is 7.66. The Morgan fingerprint density at radius 2 is 1.75 bits per heavy atom. The van der Waals surface area contributed by atoms with E-state index in [1.807, 2.05) is 30.3 Å². The van der Waals surface area contributed by atoms with Crippen LogP contribution < -0.4 is 5.32 Å². The van der Waals surface area contributed by atoms with Crippen LogP contribution in [0.4, 0.5) is 0 Å². The van der Waals surface area contributed by atoms with Crippen molar-refractivity contribution in [3.63, 3.8) is 0 Å². The van der Waals surface area contributed by atoms with E-state index in [1.165, 1.54) is 12.8 Å². The summed E-state index contributed by atoms with van der Waals surface area (Å²) in [5.74, 6) is 0.142. The molecule has 2 N–H and O–H groups in total. The number of carbonyl (C=O) groups excluding carboxylic acids is 1. The second-order valence-corrected chi connectivity index (χ2v) is 6.50. The van der Waals surface area contributed by atoms with Gasteiger partial charge in [0.05, 0.1) is 12.0 Å². The van der Waals surface area contributed by atoms with Gasteiger partial charge in [0.1, 0.15) is 0 Å². The van der Waals surface area contributed by atoms with E-state index in [1.54, 1.807) is 0 Å². The first kappa shape index (κ1) is 13.6. The number of rotatable bonds is 5. The number of aliphatic hydroxyl groups excluding tert-OH is 1. The summed E-state index contributed by atoms with van der Waals surface area (Å²) in [7, 11) is 0. The van der Waals surface area contributed by atoms with Gasteiger partial charge in [0, 0.05) is 12.0 Å². The molecule has 0 heterocycles. The van der Waals surface area contributed by atoms with E-state index in [4.69, 9.17) is 0 Å². The van der Waals surface area contributed by atoms with Crippen LogP contribution in [-0.2, 0) is 10.2 Å². The second kappa shape index (κ2) is 5.21. The van der Waals surface area contributed by atoms with Crippen LogP contribution in [0.15, 0.2) is 30.3 Å². The highest BCUT2D eigenvalue weighted by Gasteiger charge is 2.51. The Hall–Kier alpha value is -1.35. The van der Waals surface area contributed by atoms with E-state index >= 15 is 0 Å². The Labute approximate surface area is 120 Å². The van der Waals surface area contributed by atoms with Crippen LogP contribution in [0.1, 0.15) is 44.1 Å². The number of aliphatic hydroxyl groups is 1. The summed E-state index contributed by atoms with van der Waals surface area (Å²) in [5, 5.41) is 12.7. The number of nitrogens with one attached hydrogen (secondary N) is 1. The monoisotopic (exact) mass is 273 g/mol. The molecule has 1 aromatic rings. The van der Waals surface area contributed by atoms with Gasteiger partial charge in [-0.1, -0.05) is 43.2 Å². The van der Waals surface area contributed by atoms with Crippen molar-refractivity contribution < 1.29 is 9.90 Å². The van der Waals surface area contributed by atoms with Crippen LogP contribution >= 0.6 is 0 Å². The lowest BCUT2D eigenvalue weighted by atomic mass is 9.86. The summed E-state index contributed by atoms with van der Waals surface area (Å²) in [4.78, 5) is 12.5. The van der Waals surface area contributed by atoms with Crippen molar-refractivity contribution in [2.24, 2.45) is 5.41 Å². The fourth-order valence-corrected chi connectivity index (χ4v) is 3.48. The molecular weight excluding hydrogens is 250 g/mol. The zero-order valence-electron chi connectivity index (χ0n) is 11.9. The largest absolute Gasteiger partial charge is 0.396 e. The third kappa shape index (κ3) is 2.35. The van der Waals surface area contributed by atoms with Gasteiger partial charge in [-0.25, -0.2) is 0 Å². The summed E-state index contributed by atoms with van der Waals surface area (Å²) < 4.78 is 0. The lowest BCUT2D eigenvalue weighted by Crippen LogP contribution is -2.42. The molecule has 2 fully saturated rings. The lowest BCUT2D eigenvalue weighted by Gasteiger charge is -2.28. The molecule has 3 rings (SSSR count). The molecule has 0 atom stereocenters. The number of benzene rings is 1. The fourth-order valence-electron chi connectivity index (χ4n) is 3.48. The zero-order valence-corrected chi connectivity index (χ0v) is 11.9. The molecule has 3 heteroatoms. The molecule has 2 saturated carbocycles. The number of amides is 1. The third-order valence-corrected chi connectivity index (χ3v) is 5.13. The van der Waals surface area contributed by atoms with Crippen molar-refractivity contribution in [1.82, 2.24) is 5.32 Å². The van der Waals surface area contributed by atoms with Crippen LogP contribution in [0.2, 0.25) is 0 Å². The molecule has 0 unspecified atom stereocenters. The molecule has 3 nitrogen and oxygen atoms in total. The van der Waals surface area contributed by atoms with E-state index in [2.05, 4.69) is 5.32 Å². The van der Waals surface area contributed by atoms with Crippen molar-refractivity contribution in [1.29, 1.82) is 0 Å². The van der Waals surface area contributed by atoms with Gasteiger partial charge < -0.3 is 10.4 Å². The highest BCUT2D eigenvalue weighted by atomic mass is 16.3. The minimum atomic E-state index is -0.295. The quantitative estimate of drug-likeness (QED) is 0.865. The van der Waals surface area contributed by atoms with E-state index in [0.717, 1.165) is 31.2 Å². The molecule has 2 aliphatic carbocycles. The maximum absolute atomic E-state index is 12.5. The average molecular weight is 273 g/mol. The number of hydrogen-bond donors (Lipinski definition) is 2. The minimum absolute atomic E-state index is 0.0670. The summed E-state index contributed by atoms with van der Waals surface area (Å²) in [6, 6.07) is 10.1. The van der Waals surface area contributed by atoms with Gasteiger partial charge in [-0.05, 0) is 31.2 Å². The van der Waals surface area contributed by atoms with Crippen LogP contribution in [-0.4, -0.2) is 24.2 Å². The van der Waals surface area contributed by atoms with E-state index in [9.17, 15) is 9.90 Å². The van der Waals surface area contributed by atoms with Gasteiger partial charge >= 0.3 is 0 Å². The Bertz CT molecular complexity index is 473. The smallest absolute Gasteiger partial charge is 0.230 e. The SMILES string of the molecule is O=C(NCC1(CO)CCCC1)C1(c2ccccc2)CC1. The highest BCUT2D eigenvalue weighted by Crippen LogP contribution is 2.48. The Balaban J connectivity index is 1.65. The van der Waals surface area contributed by atoms with Crippen molar-refractivity contribution in [3.8, 4) is 0 Å². The molecule has 0 saturated heterocycles. The molecule has 20 heavy (non-hydrogen) atoms. The Morgan fingerprint density at radius 1 is 1.10 bits per heavy atom. The van der Waals surface area contributed by atoms with Crippen LogP contribution in [0.3, 0.4) is 0 Å². The minimum Gasteiger partial charge on any atom is -0.396 e. The van der Waals surface area contributed by atoms with E-state index in [-0.39, 0.29) is 23.3 Å². The Kier molecular flexibility index (Phi) is 3.55. The van der Waals surface area contributed by atoms with Crippen molar-refractivity contribution in [2.75, 3.05) is 13.2 Å². The van der Waals surface area contributed by atoms with Gasteiger partial charge in [-0.2, -0.15) is 0 Å². The van der Waals surface area contributed by atoms with Crippen LogP contribution in [0.25, 0.3) is 0 Å². The summed E-state index contributed by atoms with van der Waals surface area (Å²) in [6.07, 6.45) is 6.27. The lowest BCUT2D eigenvalue weighted by molar-refractivity contribution is -0.124. The summed E-state index contributed by atoms with van der Waals surface area (Å²) in [6.45, 7) is 0.808. The molecule has 2 aliphatic rings. The maximum Gasteiger partial charge on any atom is 0.230 e. The van der Waals surface area contributed by atoms with E-state index in [0.29, 0.717) is 6.54 Å². The van der Waals surface area contributed by atoms with Gasteiger partial charge in [0.15, 0.2) is 0 Å². The van der Waals surface area contributed by atoms with Gasteiger partial charge in [0.2, 0.25) is 5.91 Å². The van der Waals surface area contributed by atoms with Crippen LogP contribution in [0, 0.1) is 5.41 Å². The first-order valence-electron chi connectivity index (χ1n) is 7.66. The standard InChI is InChI=1S/C17H23NO2/c19-13-16(8-4-5-9-16)12-18-15(20)17(10-11-17)14-6-2-1-3-7-14/h1-3,6-7,19H,4-5,8-13H2,(H,18,20). The predicted octanol–water partition coefficient (Wildman–Crippen LogP) is 2.39. The second-order valence-electron chi connectivity index (χ2n) is 6.50. The molecule has 108 valence electrons. The average Bonchev–Trinajstić information content (AvgIpc) is 3.19. The Morgan fingerprint density at radius 3 is 2.30 bits per heavy atom. The van der Waals surface area contributed by atoms with Crippen molar-refractivity contribution in [2.45, 2.75) is 43.9 Å². The number of hydrogen-bond acceptors (Lipinski definition) is 2. The van der Waals surface area contributed by atoms with Crippen LogP contribution in [0.5, 0.6) is 0 Å². The van der Waals surface area contributed by atoms with Gasteiger partial charge in [-0.3, -0.25) is 4.79 Å². The normalized spacial score (nSPS) is 22.4. The number of carbonyl (C=O) groups is 1. The predicted molar refractivity (Wildman–Crippen MR) is 78.4 cm³/mol.